The van der Waals surface area contributed by atoms with Crippen molar-refractivity contribution < 1.29 is 19.1 Å². The van der Waals surface area contributed by atoms with E-state index in [0.717, 1.165) is 22.3 Å². The molecule has 3 aliphatic carbocycles. The maximum absolute atomic E-state index is 13.9. The lowest BCUT2D eigenvalue weighted by Gasteiger charge is -2.45. The molecule has 3 aromatic carbocycles. The molecule has 0 saturated carbocycles. The highest BCUT2D eigenvalue weighted by Gasteiger charge is 2.62. The number of hydrogen-bond donors (Lipinski definition) is 0. The van der Waals surface area contributed by atoms with Gasteiger partial charge in [0.2, 0.25) is 11.8 Å². The summed E-state index contributed by atoms with van der Waals surface area (Å²) in [6, 6.07) is 19.6. The van der Waals surface area contributed by atoms with Crippen molar-refractivity contribution in [3.05, 3.63) is 87.9 Å². The molecule has 3 aromatic rings. The van der Waals surface area contributed by atoms with Crippen LogP contribution in [0.1, 0.15) is 34.1 Å². The summed E-state index contributed by atoms with van der Waals surface area (Å²) < 4.78 is 10.8. The van der Waals surface area contributed by atoms with Crippen LogP contribution >= 0.6 is 11.6 Å². The molecule has 2 atom stereocenters. The van der Waals surface area contributed by atoms with Gasteiger partial charge in [-0.3, -0.25) is 9.59 Å². The van der Waals surface area contributed by atoms with E-state index in [1.807, 2.05) is 24.3 Å². The Morgan fingerprint density at radius 3 is 1.56 bits per heavy atom. The van der Waals surface area contributed by atoms with Gasteiger partial charge >= 0.3 is 0 Å². The molecule has 32 heavy (non-hydrogen) atoms. The van der Waals surface area contributed by atoms with Crippen LogP contribution in [0.5, 0.6) is 11.5 Å². The number of rotatable bonds is 3. The summed E-state index contributed by atoms with van der Waals surface area (Å²) in [5.74, 6) is -0.889. The zero-order valence-corrected chi connectivity index (χ0v) is 18.3. The molecule has 2 amide bonds. The standard InChI is InChI=1S/C26H20ClNO4/c1-31-19-12-18(20(32-2)11-17(19)27)28-25(29)23-21-13-7-3-4-8-14(13)22(24(23)26(28)30)16-10-6-5-9-15(16)21/h3-12,21-24H,1-2H3/t21?,22?,23-,24-/m0/s1. The fraction of sp³-hybridized carbons (Fsp3) is 0.231. The number of carbonyl (C=O) groups excluding carboxylic acids is 2. The maximum atomic E-state index is 13.9. The van der Waals surface area contributed by atoms with Gasteiger partial charge in [-0.1, -0.05) is 60.1 Å². The van der Waals surface area contributed by atoms with Gasteiger partial charge in [-0.15, -0.1) is 0 Å². The van der Waals surface area contributed by atoms with Crippen molar-refractivity contribution in [2.75, 3.05) is 19.1 Å². The number of carbonyl (C=O) groups is 2. The summed E-state index contributed by atoms with van der Waals surface area (Å²) in [4.78, 5) is 29.1. The van der Waals surface area contributed by atoms with E-state index in [1.165, 1.54) is 19.1 Å². The number of halogens is 1. The molecule has 0 unspecified atom stereocenters. The van der Waals surface area contributed by atoms with Crippen LogP contribution in [0.25, 0.3) is 0 Å². The van der Waals surface area contributed by atoms with E-state index in [2.05, 4.69) is 24.3 Å². The number of imide groups is 1. The van der Waals surface area contributed by atoms with Crippen LogP contribution in [-0.4, -0.2) is 26.0 Å². The summed E-state index contributed by atoms with van der Waals surface area (Å²) in [5, 5.41) is 0.351. The SMILES string of the molecule is COc1cc(N2C(=O)[C@H]3C4c5ccccc5C(c5ccccc54)[C@@H]3C2=O)c(OC)cc1Cl. The summed E-state index contributed by atoms with van der Waals surface area (Å²) in [6.07, 6.45) is 0. The van der Waals surface area contributed by atoms with Crippen molar-refractivity contribution in [2.45, 2.75) is 11.8 Å². The van der Waals surface area contributed by atoms with Crippen molar-refractivity contribution in [3.8, 4) is 11.5 Å². The highest BCUT2D eigenvalue weighted by atomic mass is 35.5. The molecule has 0 radical (unpaired) electrons. The lowest BCUT2D eigenvalue weighted by atomic mass is 9.55. The van der Waals surface area contributed by atoms with Crippen LogP contribution in [0, 0.1) is 11.8 Å². The molecule has 1 heterocycles. The van der Waals surface area contributed by atoms with Crippen molar-refractivity contribution in [3.63, 3.8) is 0 Å². The predicted octanol–water partition coefficient (Wildman–Crippen LogP) is 4.75. The average Bonchev–Trinajstić information content (AvgIpc) is 3.09. The van der Waals surface area contributed by atoms with Crippen LogP contribution in [-0.2, 0) is 9.59 Å². The van der Waals surface area contributed by atoms with Gasteiger partial charge in [0, 0.05) is 24.0 Å². The van der Waals surface area contributed by atoms with Gasteiger partial charge in [0.1, 0.15) is 11.5 Å². The summed E-state index contributed by atoms with van der Waals surface area (Å²) in [6.45, 7) is 0. The number of benzene rings is 3. The summed E-state index contributed by atoms with van der Waals surface area (Å²) in [5.41, 5.74) is 4.93. The third kappa shape index (κ3) is 2.34. The van der Waals surface area contributed by atoms with E-state index in [9.17, 15) is 9.59 Å². The Morgan fingerprint density at radius 2 is 1.16 bits per heavy atom. The van der Waals surface area contributed by atoms with Crippen LogP contribution in [0.3, 0.4) is 0 Å². The van der Waals surface area contributed by atoms with Crippen molar-refractivity contribution >= 4 is 29.1 Å². The van der Waals surface area contributed by atoms with Crippen molar-refractivity contribution in [1.29, 1.82) is 0 Å². The Labute approximate surface area is 190 Å². The topological polar surface area (TPSA) is 55.8 Å². The largest absolute Gasteiger partial charge is 0.495 e. The normalized spacial score (nSPS) is 24.8. The molecule has 7 rings (SSSR count). The average molecular weight is 446 g/mol. The molecule has 1 fully saturated rings. The Morgan fingerprint density at radius 1 is 0.719 bits per heavy atom. The van der Waals surface area contributed by atoms with E-state index in [-0.39, 0.29) is 23.7 Å². The first-order chi connectivity index (χ1) is 15.6. The Balaban J connectivity index is 1.56. The Hall–Kier alpha value is -3.31. The van der Waals surface area contributed by atoms with Crippen molar-refractivity contribution in [1.82, 2.24) is 0 Å². The second-order valence-corrected chi connectivity index (χ2v) is 8.84. The third-order valence-electron chi connectivity index (χ3n) is 7.14. The lowest BCUT2D eigenvalue weighted by Crippen LogP contribution is -2.41. The van der Waals surface area contributed by atoms with Gasteiger partial charge in [-0.2, -0.15) is 0 Å². The molecule has 0 N–H and O–H groups in total. The predicted molar refractivity (Wildman–Crippen MR) is 121 cm³/mol. The molecule has 160 valence electrons. The highest BCUT2D eigenvalue weighted by molar-refractivity contribution is 6.32. The minimum Gasteiger partial charge on any atom is -0.495 e. The molecule has 4 aliphatic rings. The molecular weight excluding hydrogens is 426 g/mol. The van der Waals surface area contributed by atoms with Gasteiger partial charge in [0.25, 0.3) is 0 Å². The minimum absolute atomic E-state index is 0.154. The van der Waals surface area contributed by atoms with Gasteiger partial charge in [-0.25, -0.2) is 4.90 Å². The second-order valence-electron chi connectivity index (χ2n) is 8.44. The van der Waals surface area contributed by atoms with Crippen LogP contribution in [0.2, 0.25) is 5.02 Å². The quantitative estimate of drug-likeness (QED) is 0.546. The molecule has 1 aliphatic heterocycles. The summed E-state index contributed by atoms with van der Waals surface area (Å²) in [7, 11) is 2.99. The maximum Gasteiger partial charge on any atom is 0.238 e. The molecular formula is C26H20ClNO4. The van der Waals surface area contributed by atoms with Gasteiger partial charge in [0.05, 0.1) is 36.8 Å². The fourth-order valence-corrected chi connectivity index (χ4v) is 6.16. The number of methoxy groups -OCH3 is 2. The van der Waals surface area contributed by atoms with Crippen molar-refractivity contribution in [2.24, 2.45) is 11.8 Å². The number of amides is 2. The van der Waals surface area contributed by atoms with Gasteiger partial charge in [-0.05, 0) is 22.3 Å². The van der Waals surface area contributed by atoms with Crippen LogP contribution < -0.4 is 14.4 Å². The van der Waals surface area contributed by atoms with Crippen LogP contribution in [0.15, 0.2) is 60.7 Å². The van der Waals surface area contributed by atoms with E-state index in [1.54, 1.807) is 12.1 Å². The number of hydrogen-bond acceptors (Lipinski definition) is 4. The highest BCUT2D eigenvalue weighted by Crippen LogP contribution is 2.61. The fourth-order valence-electron chi connectivity index (χ4n) is 5.93. The molecule has 6 heteroatoms. The van der Waals surface area contributed by atoms with Crippen LogP contribution in [0.4, 0.5) is 5.69 Å². The number of ether oxygens (including phenoxy) is 2. The molecule has 0 spiro atoms. The number of nitrogens with zero attached hydrogens (tertiary/aromatic N) is 1. The van der Waals surface area contributed by atoms with E-state index in [4.69, 9.17) is 21.1 Å². The first kappa shape index (κ1) is 19.4. The molecule has 2 bridgehead atoms. The molecule has 1 saturated heterocycles. The summed E-state index contributed by atoms with van der Waals surface area (Å²) >= 11 is 6.27. The molecule has 5 nitrogen and oxygen atoms in total. The zero-order chi connectivity index (χ0) is 22.1. The molecule has 0 aromatic heterocycles. The van der Waals surface area contributed by atoms with Gasteiger partial charge < -0.3 is 9.47 Å². The van der Waals surface area contributed by atoms with E-state index < -0.39 is 11.8 Å². The lowest BCUT2D eigenvalue weighted by molar-refractivity contribution is -0.122. The first-order valence-corrected chi connectivity index (χ1v) is 10.9. The second kappa shape index (κ2) is 6.84. The first-order valence-electron chi connectivity index (χ1n) is 10.5. The van der Waals surface area contributed by atoms with Gasteiger partial charge in [0.15, 0.2) is 0 Å². The zero-order valence-electron chi connectivity index (χ0n) is 17.5. The monoisotopic (exact) mass is 445 g/mol. The third-order valence-corrected chi connectivity index (χ3v) is 7.44. The Kier molecular flexibility index (Phi) is 4.14. The number of anilines is 1. The smallest absolute Gasteiger partial charge is 0.238 e. The van der Waals surface area contributed by atoms with E-state index >= 15 is 0 Å². The minimum atomic E-state index is -0.455. The van der Waals surface area contributed by atoms with E-state index in [0.29, 0.717) is 22.2 Å². The Bertz CT molecular complexity index is 1190.